The van der Waals surface area contributed by atoms with Gasteiger partial charge in [-0.2, -0.15) is 8.42 Å². The van der Waals surface area contributed by atoms with Crippen LogP contribution in [-0.4, -0.2) is 31.6 Å². The molecule has 0 aliphatic rings. The van der Waals surface area contributed by atoms with E-state index in [0.29, 0.717) is 17.0 Å². The number of carbonyl (C=O) groups excluding carboxylic acids is 1. The molecule has 8 nitrogen and oxygen atoms in total. The molecule has 1 aromatic heterocycles. The van der Waals surface area contributed by atoms with E-state index in [-0.39, 0.29) is 9.47 Å². The van der Waals surface area contributed by atoms with Gasteiger partial charge < -0.3 is 4.74 Å². The van der Waals surface area contributed by atoms with Crippen molar-refractivity contribution in [1.82, 2.24) is 10.2 Å². The standard InChI is InChI=1S/C18H18N4O4S2/c1-11-4-7-13(8-5-11)16(23)19-17-20-21-18(27-17)28(24,25)22-14-10-12(2)6-9-15(14)26-3/h4-10,22H,1-3H3,(H,19,20,23). The van der Waals surface area contributed by atoms with Crippen LogP contribution in [0.1, 0.15) is 21.5 Å². The number of sulfonamides is 1. The molecular formula is C18H18N4O4S2. The van der Waals surface area contributed by atoms with E-state index in [0.717, 1.165) is 22.5 Å². The van der Waals surface area contributed by atoms with Crippen molar-refractivity contribution >= 4 is 38.1 Å². The average Bonchev–Trinajstić information content (AvgIpc) is 3.11. The molecule has 1 heterocycles. The summed E-state index contributed by atoms with van der Waals surface area (Å²) in [6, 6.07) is 12.1. The van der Waals surface area contributed by atoms with Crippen molar-refractivity contribution in [3.05, 3.63) is 59.2 Å². The third-order valence-electron chi connectivity index (χ3n) is 3.77. The van der Waals surface area contributed by atoms with Gasteiger partial charge in [-0.25, -0.2) is 0 Å². The first-order chi connectivity index (χ1) is 13.3. The molecule has 146 valence electrons. The summed E-state index contributed by atoms with van der Waals surface area (Å²) in [4.78, 5) is 12.2. The van der Waals surface area contributed by atoms with Crippen LogP contribution in [0.2, 0.25) is 0 Å². The predicted octanol–water partition coefficient (Wildman–Crippen LogP) is 3.22. The van der Waals surface area contributed by atoms with Gasteiger partial charge in [0.05, 0.1) is 12.8 Å². The summed E-state index contributed by atoms with van der Waals surface area (Å²) in [5, 5.41) is 10.1. The molecule has 3 aromatic rings. The lowest BCUT2D eigenvalue weighted by molar-refractivity contribution is 0.102. The first kappa shape index (κ1) is 19.8. The Balaban J connectivity index is 1.78. The number of anilines is 2. The maximum absolute atomic E-state index is 12.6. The highest BCUT2D eigenvalue weighted by Crippen LogP contribution is 2.29. The van der Waals surface area contributed by atoms with Crippen LogP contribution >= 0.6 is 11.3 Å². The monoisotopic (exact) mass is 418 g/mol. The van der Waals surface area contributed by atoms with E-state index in [1.54, 1.807) is 30.3 Å². The molecule has 0 saturated carbocycles. The number of aromatic nitrogens is 2. The first-order valence-corrected chi connectivity index (χ1v) is 10.5. The van der Waals surface area contributed by atoms with Gasteiger partial charge in [-0.1, -0.05) is 35.1 Å². The molecule has 0 atom stereocenters. The molecule has 3 rings (SSSR count). The van der Waals surface area contributed by atoms with Crippen molar-refractivity contribution in [1.29, 1.82) is 0 Å². The van der Waals surface area contributed by atoms with Gasteiger partial charge in [0.2, 0.25) is 5.13 Å². The van der Waals surface area contributed by atoms with Gasteiger partial charge in [-0.15, -0.1) is 10.2 Å². The van der Waals surface area contributed by atoms with Crippen LogP contribution in [0, 0.1) is 13.8 Å². The zero-order valence-electron chi connectivity index (χ0n) is 15.4. The normalized spacial score (nSPS) is 11.1. The van der Waals surface area contributed by atoms with Crippen LogP contribution in [0.15, 0.2) is 46.8 Å². The van der Waals surface area contributed by atoms with Gasteiger partial charge in [0.1, 0.15) is 5.75 Å². The van der Waals surface area contributed by atoms with Gasteiger partial charge in [-0.05, 0) is 43.7 Å². The SMILES string of the molecule is COc1ccc(C)cc1NS(=O)(=O)c1nnc(NC(=O)c2ccc(C)cc2)s1. The van der Waals surface area contributed by atoms with Crippen LogP contribution in [0.25, 0.3) is 0 Å². The Bertz CT molecular complexity index is 1110. The van der Waals surface area contributed by atoms with E-state index in [9.17, 15) is 13.2 Å². The van der Waals surface area contributed by atoms with Gasteiger partial charge in [-0.3, -0.25) is 14.8 Å². The first-order valence-electron chi connectivity index (χ1n) is 8.17. The minimum Gasteiger partial charge on any atom is -0.495 e. The lowest BCUT2D eigenvalue weighted by Crippen LogP contribution is -2.13. The van der Waals surface area contributed by atoms with Gasteiger partial charge in [0, 0.05) is 5.56 Å². The summed E-state index contributed by atoms with van der Waals surface area (Å²) in [5.74, 6) is -0.0139. The van der Waals surface area contributed by atoms with Crippen molar-refractivity contribution in [3.63, 3.8) is 0 Å². The van der Waals surface area contributed by atoms with E-state index in [2.05, 4.69) is 20.2 Å². The van der Waals surface area contributed by atoms with Gasteiger partial charge in [0.25, 0.3) is 20.3 Å². The third kappa shape index (κ3) is 4.46. The van der Waals surface area contributed by atoms with E-state index in [4.69, 9.17) is 4.74 Å². The number of hydrogen-bond acceptors (Lipinski definition) is 7. The molecule has 0 radical (unpaired) electrons. The number of carbonyl (C=O) groups is 1. The van der Waals surface area contributed by atoms with E-state index in [1.807, 2.05) is 26.0 Å². The Morgan fingerprint density at radius 3 is 2.39 bits per heavy atom. The molecule has 2 N–H and O–H groups in total. The third-order valence-corrected chi connectivity index (χ3v) is 6.34. The van der Waals surface area contributed by atoms with Crippen LogP contribution in [0.4, 0.5) is 10.8 Å². The fraction of sp³-hybridized carbons (Fsp3) is 0.167. The minimum absolute atomic E-state index is 0.0853. The van der Waals surface area contributed by atoms with Crippen molar-refractivity contribution in [2.24, 2.45) is 0 Å². The Hall–Kier alpha value is -2.98. The second-order valence-electron chi connectivity index (χ2n) is 6.00. The summed E-state index contributed by atoms with van der Waals surface area (Å²) >= 11 is 0.757. The van der Waals surface area contributed by atoms with Crippen LogP contribution in [-0.2, 0) is 10.0 Å². The molecule has 0 unspecified atom stereocenters. The van der Waals surface area contributed by atoms with Crippen molar-refractivity contribution in [2.45, 2.75) is 18.2 Å². The Morgan fingerprint density at radius 1 is 1.04 bits per heavy atom. The molecule has 0 fully saturated rings. The van der Waals surface area contributed by atoms with Crippen molar-refractivity contribution < 1.29 is 17.9 Å². The van der Waals surface area contributed by atoms with Gasteiger partial charge >= 0.3 is 0 Å². The molecule has 0 aliphatic carbocycles. The highest BCUT2D eigenvalue weighted by Gasteiger charge is 2.23. The summed E-state index contributed by atoms with van der Waals surface area (Å²) in [6.07, 6.45) is 0. The Labute approximate surface area is 166 Å². The molecule has 1 amide bonds. The highest BCUT2D eigenvalue weighted by atomic mass is 32.2. The Kier molecular flexibility index (Phi) is 5.61. The highest BCUT2D eigenvalue weighted by molar-refractivity contribution is 7.94. The second-order valence-corrected chi connectivity index (χ2v) is 8.84. The van der Waals surface area contributed by atoms with Crippen molar-refractivity contribution in [2.75, 3.05) is 17.1 Å². The van der Waals surface area contributed by atoms with Gasteiger partial charge in [0.15, 0.2) is 0 Å². The molecule has 0 spiro atoms. The lowest BCUT2D eigenvalue weighted by atomic mass is 10.1. The molecular weight excluding hydrogens is 400 g/mol. The predicted molar refractivity (Wildman–Crippen MR) is 108 cm³/mol. The number of ether oxygens (including phenoxy) is 1. The number of nitrogens with zero attached hydrogens (tertiary/aromatic N) is 2. The van der Waals surface area contributed by atoms with E-state index in [1.165, 1.54) is 7.11 Å². The lowest BCUT2D eigenvalue weighted by Gasteiger charge is -2.10. The average molecular weight is 419 g/mol. The van der Waals surface area contributed by atoms with E-state index < -0.39 is 15.9 Å². The van der Waals surface area contributed by atoms with Crippen molar-refractivity contribution in [3.8, 4) is 5.75 Å². The summed E-state index contributed by atoms with van der Waals surface area (Å²) in [7, 11) is -2.53. The zero-order valence-corrected chi connectivity index (χ0v) is 17.0. The number of nitrogens with one attached hydrogen (secondary N) is 2. The summed E-state index contributed by atoms with van der Waals surface area (Å²) < 4.78 is 32.6. The minimum atomic E-state index is -3.98. The summed E-state index contributed by atoms with van der Waals surface area (Å²) in [6.45, 7) is 3.75. The number of aryl methyl sites for hydroxylation is 2. The molecule has 0 saturated heterocycles. The molecule has 0 bridgehead atoms. The summed E-state index contributed by atoms with van der Waals surface area (Å²) in [5.41, 5.74) is 2.62. The quantitative estimate of drug-likeness (QED) is 0.595. The molecule has 10 heteroatoms. The fourth-order valence-corrected chi connectivity index (χ4v) is 4.29. The number of benzene rings is 2. The zero-order chi connectivity index (χ0) is 20.3. The Morgan fingerprint density at radius 2 is 1.71 bits per heavy atom. The number of amides is 1. The number of rotatable bonds is 6. The van der Waals surface area contributed by atoms with Crippen LogP contribution in [0.5, 0.6) is 5.75 Å². The van der Waals surface area contributed by atoms with E-state index >= 15 is 0 Å². The molecule has 0 aliphatic heterocycles. The van der Waals surface area contributed by atoms with Crippen LogP contribution < -0.4 is 14.8 Å². The largest absolute Gasteiger partial charge is 0.495 e. The maximum Gasteiger partial charge on any atom is 0.291 e. The maximum atomic E-state index is 12.6. The second kappa shape index (κ2) is 7.95. The smallest absolute Gasteiger partial charge is 0.291 e. The number of methoxy groups -OCH3 is 1. The fourth-order valence-electron chi connectivity index (χ4n) is 2.33. The molecule has 28 heavy (non-hydrogen) atoms. The topological polar surface area (TPSA) is 110 Å². The van der Waals surface area contributed by atoms with Crippen LogP contribution in [0.3, 0.4) is 0 Å². The number of hydrogen-bond donors (Lipinski definition) is 2. The molecule has 2 aromatic carbocycles.